The molecular formula is C13H20N2O4S. The Labute approximate surface area is 119 Å². The first-order chi connectivity index (χ1) is 9.22. The summed E-state index contributed by atoms with van der Waals surface area (Å²) in [6, 6.07) is 7.17. The van der Waals surface area contributed by atoms with Gasteiger partial charge in [-0.25, -0.2) is 0 Å². The van der Waals surface area contributed by atoms with E-state index < -0.39 is 16.2 Å². The first-order valence-electron chi connectivity index (χ1n) is 6.24. The molecule has 0 unspecified atom stereocenters. The summed E-state index contributed by atoms with van der Waals surface area (Å²) in [7, 11) is -2.34. The van der Waals surface area contributed by atoms with Gasteiger partial charge in [-0.3, -0.25) is 4.79 Å². The van der Waals surface area contributed by atoms with Crippen molar-refractivity contribution in [3.05, 3.63) is 35.4 Å². The zero-order valence-corrected chi connectivity index (χ0v) is 12.6. The SMILES string of the molecule is Cc1cccc([C@H](C)NS(=O)(=O)N(C)CCC(=O)O)c1. The van der Waals surface area contributed by atoms with Crippen LogP contribution < -0.4 is 4.72 Å². The molecule has 112 valence electrons. The molecule has 0 spiro atoms. The van der Waals surface area contributed by atoms with Crippen molar-refractivity contribution in [3.63, 3.8) is 0 Å². The average Bonchev–Trinajstić information content (AvgIpc) is 2.35. The second-order valence-corrected chi connectivity index (χ2v) is 6.53. The zero-order chi connectivity index (χ0) is 15.3. The fourth-order valence-electron chi connectivity index (χ4n) is 1.69. The molecule has 1 rings (SSSR count). The topological polar surface area (TPSA) is 86.7 Å². The van der Waals surface area contributed by atoms with E-state index in [0.29, 0.717) is 0 Å². The maximum Gasteiger partial charge on any atom is 0.304 e. The van der Waals surface area contributed by atoms with Gasteiger partial charge in [0, 0.05) is 19.6 Å². The highest BCUT2D eigenvalue weighted by molar-refractivity contribution is 7.87. The van der Waals surface area contributed by atoms with Gasteiger partial charge < -0.3 is 5.11 Å². The Morgan fingerprint density at radius 3 is 2.65 bits per heavy atom. The minimum atomic E-state index is -3.70. The number of hydrogen-bond donors (Lipinski definition) is 2. The summed E-state index contributed by atoms with van der Waals surface area (Å²) in [6.45, 7) is 3.62. The second kappa shape index (κ2) is 6.83. The molecule has 0 heterocycles. The van der Waals surface area contributed by atoms with Crippen LogP contribution in [0.3, 0.4) is 0 Å². The van der Waals surface area contributed by atoms with Gasteiger partial charge in [-0.1, -0.05) is 29.8 Å². The lowest BCUT2D eigenvalue weighted by Crippen LogP contribution is -2.40. The molecule has 2 N–H and O–H groups in total. The maximum absolute atomic E-state index is 12.0. The number of aliphatic carboxylic acids is 1. The third-order valence-electron chi connectivity index (χ3n) is 2.92. The van der Waals surface area contributed by atoms with Gasteiger partial charge in [-0.2, -0.15) is 17.4 Å². The Bertz CT molecular complexity index is 571. The molecule has 0 aliphatic carbocycles. The highest BCUT2D eigenvalue weighted by Crippen LogP contribution is 2.15. The molecule has 0 aromatic heterocycles. The van der Waals surface area contributed by atoms with Crippen molar-refractivity contribution in [2.75, 3.05) is 13.6 Å². The Morgan fingerprint density at radius 1 is 1.45 bits per heavy atom. The van der Waals surface area contributed by atoms with Gasteiger partial charge in [0.2, 0.25) is 0 Å². The number of benzene rings is 1. The van der Waals surface area contributed by atoms with Crippen LogP contribution in [-0.2, 0) is 15.0 Å². The van der Waals surface area contributed by atoms with Crippen molar-refractivity contribution < 1.29 is 18.3 Å². The molecule has 0 bridgehead atoms. The van der Waals surface area contributed by atoms with Gasteiger partial charge in [0.25, 0.3) is 10.2 Å². The van der Waals surface area contributed by atoms with Crippen molar-refractivity contribution >= 4 is 16.2 Å². The molecule has 6 nitrogen and oxygen atoms in total. The molecule has 0 saturated carbocycles. The van der Waals surface area contributed by atoms with Crippen LogP contribution in [0.5, 0.6) is 0 Å². The van der Waals surface area contributed by atoms with E-state index in [-0.39, 0.29) is 19.0 Å². The minimum Gasteiger partial charge on any atom is -0.481 e. The average molecular weight is 300 g/mol. The zero-order valence-electron chi connectivity index (χ0n) is 11.8. The molecule has 0 amide bonds. The quantitative estimate of drug-likeness (QED) is 0.794. The monoisotopic (exact) mass is 300 g/mol. The van der Waals surface area contributed by atoms with Gasteiger partial charge in [0.1, 0.15) is 0 Å². The Kier molecular flexibility index (Phi) is 5.67. The number of carboxylic acids is 1. The van der Waals surface area contributed by atoms with Crippen LogP contribution in [0, 0.1) is 6.92 Å². The first kappa shape index (κ1) is 16.6. The van der Waals surface area contributed by atoms with Crippen molar-refractivity contribution in [1.29, 1.82) is 0 Å². The van der Waals surface area contributed by atoms with Crippen LogP contribution in [0.15, 0.2) is 24.3 Å². The summed E-state index contributed by atoms with van der Waals surface area (Å²) in [4.78, 5) is 10.5. The minimum absolute atomic E-state index is 0.0643. The van der Waals surface area contributed by atoms with Crippen LogP contribution in [-0.4, -0.2) is 37.4 Å². The Morgan fingerprint density at radius 2 is 2.10 bits per heavy atom. The van der Waals surface area contributed by atoms with Gasteiger partial charge in [0.05, 0.1) is 6.42 Å². The van der Waals surface area contributed by atoms with E-state index >= 15 is 0 Å². The van der Waals surface area contributed by atoms with Crippen molar-refractivity contribution in [2.45, 2.75) is 26.3 Å². The lowest BCUT2D eigenvalue weighted by Gasteiger charge is -2.21. The highest BCUT2D eigenvalue weighted by atomic mass is 32.2. The second-order valence-electron chi connectivity index (χ2n) is 4.72. The number of nitrogens with zero attached hydrogens (tertiary/aromatic N) is 1. The van der Waals surface area contributed by atoms with E-state index in [1.54, 1.807) is 6.92 Å². The first-order valence-corrected chi connectivity index (χ1v) is 7.68. The number of nitrogens with one attached hydrogen (secondary N) is 1. The van der Waals surface area contributed by atoms with Crippen molar-refractivity contribution in [1.82, 2.24) is 9.03 Å². The fourth-order valence-corrected chi connectivity index (χ4v) is 2.79. The lowest BCUT2D eigenvalue weighted by atomic mass is 10.1. The standard InChI is InChI=1S/C13H20N2O4S/c1-10-5-4-6-12(9-10)11(2)14-20(18,19)15(3)8-7-13(16)17/h4-6,9,11,14H,7-8H2,1-3H3,(H,16,17)/t11-/m0/s1. The fraction of sp³-hybridized carbons (Fsp3) is 0.462. The van der Waals surface area contributed by atoms with Gasteiger partial charge in [-0.05, 0) is 19.4 Å². The van der Waals surface area contributed by atoms with Crippen LogP contribution in [0.2, 0.25) is 0 Å². The van der Waals surface area contributed by atoms with E-state index in [1.165, 1.54) is 7.05 Å². The van der Waals surface area contributed by atoms with E-state index in [2.05, 4.69) is 4.72 Å². The third kappa shape index (κ3) is 4.92. The molecule has 0 fully saturated rings. The van der Waals surface area contributed by atoms with Crippen LogP contribution in [0.1, 0.15) is 30.5 Å². The molecule has 20 heavy (non-hydrogen) atoms. The summed E-state index contributed by atoms with van der Waals surface area (Å²) in [5, 5.41) is 8.58. The number of rotatable bonds is 7. The molecule has 0 aliphatic rings. The van der Waals surface area contributed by atoms with Gasteiger partial charge >= 0.3 is 5.97 Å². The number of hydrogen-bond acceptors (Lipinski definition) is 3. The molecule has 0 radical (unpaired) electrons. The van der Waals surface area contributed by atoms with E-state index in [9.17, 15) is 13.2 Å². The van der Waals surface area contributed by atoms with E-state index in [4.69, 9.17) is 5.11 Å². The largest absolute Gasteiger partial charge is 0.481 e. The maximum atomic E-state index is 12.0. The lowest BCUT2D eigenvalue weighted by molar-refractivity contribution is -0.137. The number of carbonyl (C=O) groups is 1. The molecule has 0 aliphatic heterocycles. The van der Waals surface area contributed by atoms with Crippen LogP contribution in [0.4, 0.5) is 0 Å². The van der Waals surface area contributed by atoms with E-state index in [1.807, 2.05) is 31.2 Å². The molecular weight excluding hydrogens is 280 g/mol. The molecule has 1 aromatic carbocycles. The van der Waals surface area contributed by atoms with E-state index in [0.717, 1.165) is 15.4 Å². The van der Waals surface area contributed by atoms with Gasteiger partial charge in [-0.15, -0.1) is 0 Å². The summed E-state index contributed by atoms with van der Waals surface area (Å²) >= 11 is 0. The van der Waals surface area contributed by atoms with Crippen molar-refractivity contribution in [2.24, 2.45) is 0 Å². The summed E-state index contributed by atoms with van der Waals surface area (Å²) in [6.07, 6.45) is -0.226. The van der Waals surface area contributed by atoms with Crippen LogP contribution >= 0.6 is 0 Å². The Balaban J connectivity index is 2.72. The normalized spacial score (nSPS) is 13.4. The highest BCUT2D eigenvalue weighted by Gasteiger charge is 2.21. The number of carboxylic acid groups (broad SMARTS) is 1. The van der Waals surface area contributed by atoms with Crippen LogP contribution in [0.25, 0.3) is 0 Å². The molecule has 1 aromatic rings. The molecule has 7 heteroatoms. The van der Waals surface area contributed by atoms with Gasteiger partial charge in [0.15, 0.2) is 0 Å². The summed E-state index contributed by atoms with van der Waals surface area (Å²) in [5.41, 5.74) is 1.91. The third-order valence-corrected chi connectivity index (χ3v) is 4.57. The molecule has 0 saturated heterocycles. The summed E-state index contributed by atoms with van der Waals surface area (Å²) < 4.78 is 27.6. The smallest absolute Gasteiger partial charge is 0.304 e. The molecule has 1 atom stereocenters. The Hall–Kier alpha value is -1.44. The van der Waals surface area contributed by atoms with Crippen molar-refractivity contribution in [3.8, 4) is 0 Å². The predicted octanol–water partition coefficient (Wildman–Crippen LogP) is 1.30. The number of aryl methyl sites for hydroxylation is 1. The summed E-state index contributed by atoms with van der Waals surface area (Å²) in [5.74, 6) is -1.03. The predicted molar refractivity (Wildman–Crippen MR) is 76.5 cm³/mol.